The molecule has 1 aliphatic carbocycles. The van der Waals surface area contributed by atoms with Crippen LogP contribution in [0.1, 0.15) is 12.1 Å². The molecule has 3 heterocycles. The molecule has 1 saturated carbocycles. The highest BCUT2D eigenvalue weighted by molar-refractivity contribution is 5.98. The quantitative estimate of drug-likeness (QED) is 0.759. The number of aromatic nitrogens is 4. The molecule has 0 aromatic carbocycles. The standard InChI is InChI=1S/C17H15FN6O/c1-8-11(5-20-7-22-8)14-2-9-3-15(21-6-12(9)16(19)23-14)24-17(25)10-4-13(10)18/h2-3,5-7,10,13H,4H2,1H3,(H2,19,23)(H,21,24,25). The maximum absolute atomic E-state index is 13.0. The predicted octanol–water partition coefficient (Wildman–Crippen LogP) is 2.27. The third-order valence-corrected chi connectivity index (χ3v) is 4.23. The number of fused-ring (bicyclic) bond motifs is 1. The summed E-state index contributed by atoms with van der Waals surface area (Å²) in [5, 5.41) is 4.08. The topological polar surface area (TPSA) is 107 Å². The summed E-state index contributed by atoms with van der Waals surface area (Å²) in [6.45, 7) is 1.86. The average Bonchev–Trinajstić information content (AvgIpc) is 3.32. The Morgan fingerprint density at radius 2 is 2.12 bits per heavy atom. The molecule has 7 nitrogen and oxygen atoms in total. The molecule has 1 fully saturated rings. The Labute approximate surface area is 142 Å². The van der Waals surface area contributed by atoms with Crippen molar-refractivity contribution < 1.29 is 9.18 Å². The Hall–Kier alpha value is -3.16. The van der Waals surface area contributed by atoms with Crippen LogP contribution >= 0.6 is 0 Å². The summed E-state index contributed by atoms with van der Waals surface area (Å²) in [5.74, 6) is -0.241. The van der Waals surface area contributed by atoms with Gasteiger partial charge >= 0.3 is 0 Å². The molecule has 3 N–H and O–H groups in total. The van der Waals surface area contributed by atoms with Crippen LogP contribution in [-0.4, -0.2) is 32.0 Å². The van der Waals surface area contributed by atoms with Crippen LogP contribution < -0.4 is 11.1 Å². The van der Waals surface area contributed by atoms with Gasteiger partial charge in [0.2, 0.25) is 5.91 Å². The van der Waals surface area contributed by atoms with Gasteiger partial charge in [-0.15, -0.1) is 0 Å². The summed E-state index contributed by atoms with van der Waals surface area (Å²) in [7, 11) is 0. The highest BCUT2D eigenvalue weighted by Gasteiger charge is 2.43. The van der Waals surface area contributed by atoms with Gasteiger partial charge in [0.25, 0.3) is 0 Å². The second-order valence-corrected chi connectivity index (χ2v) is 6.05. The number of nitrogens with zero attached hydrogens (tertiary/aromatic N) is 4. The smallest absolute Gasteiger partial charge is 0.231 e. The van der Waals surface area contributed by atoms with E-state index >= 15 is 0 Å². The number of carbonyl (C=O) groups excluding carboxylic acids is 1. The molecular formula is C17H15FN6O. The van der Waals surface area contributed by atoms with Crippen molar-refractivity contribution in [1.82, 2.24) is 19.9 Å². The van der Waals surface area contributed by atoms with Gasteiger partial charge in [-0.25, -0.2) is 24.3 Å². The van der Waals surface area contributed by atoms with Gasteiger partial charge in [-0.05, 0) is 30.9 Å². The third kappa shape index (κ3) is 2.86. The first-order valence-electron chi connectivity index (χ1n) is 7.81. The van der Waals surface area contributed by atoms with Gasteiger partial charge in [0.05, 0.1) is 17.3 Å². The van der Waals surface area contributed by atoms with Crippen molar-refractivity contribution in [3.05, 3.63) is 36.5 Å². The van der Waals surface area contributed by atoms with Crippen molar-refractivity contribution in [2.45, 2.75) is 19.5 Å². The largest absolute Gasteiger partial charge is 0.383 e. The second kappa shape index (κ2) is 5.73. The van der Waals surface area contributed by atoms with Crippen LogP contribution in [0.5, 0.6) is 0 Å². The molecular weight excluding hydrogens is 323 g/mol. The van der Waals surface area contributed by atoms with E-state index in [2.05, 4.69) is 25.3 Å². The molecule has 2 unspecified atom stereocenters. The first-order chi connectivity index (χ1) is 12.0. The predicted molar refractivity (Wildman–Crippen MR) is 91.3 cm³/mol. The minimum absolute atomic E-state index is 0.272. The van der Waals surface area contributed by atoms with E-state index in [0.717, 1.165) is 16.6 Å². The zero-order valence-corrected chi connectivity index (χ0v) is 13.4. The summed E-state index contributed by atoms with van der Waals surface area (Å²) >= 11 is 0. The third-order valence-electron chi connectivity index (χ3n) is 4.23. The SMILES string of the molecule is Cc1ncncc1-c1cc2cc(NC(=O)C3CC3F)ncc2c(N)n1. The Bertz CT molecular complexity index is 992. The van der Waals surface area contributed by atoms with Crippen molar-refractivity contribution in [1.29, 1.82) is 0 Å². The second-order valence-electron chi connectivity index (χ2n) is 6.05. The van der Waals surface area contributed by atoms with E-state index in [1.54, 1.807) is 18.5 Å². The number of nitrogen functional groups attached to an aromatic ring is 1. The summed E-state index contributed by atoms with van der Waals surface area (Å²) < 4.78 is 13.0. The highest BCUT2D eigenvalue weighted by atomic mass is 19.1. The Kier molecular flexibility index (Phi) is 3.52. The van der Waals surface area contributed by atoms with Gasteiger partial charge in [-0.1, -0.05) is 0 Å². The van der Waals surface area contributed by atoms with Gasteiger partial charge in [0.1, 0.15) is 24.1 Å². The lowest BCUT2D eigenvalue weighted by molar-refractivity contribution is -0.117. The number of aryl methyl sites for hydroxylation is 1. The van der Waals surface area contributed by atoms with Crippen molar-refractivity contribution >= 4 is 28.3 Å². The lowest BCUT2D eigenvalue weighted by Crippen LogP contribution is -2.15. The first-order valence-corrected chi connectivity index (χ1v) is 7.81. The van der Waals surface area contributed by atoms with E-state index in [1.165, 1.54) is 6.33 Å². The number of amides is 1. The molecule has 8 heteroatoms. The van der Waals surface area contributed by atoms with Crippen molar-refractivity contribution in [2.75, 3.05) is 11.1 Å². The molecule has 0 aliphatic heterocycles. The van der Waals surface area contributed by atoms with E-state index in [-0.39, 0.29) is 12.3 Å². The number of hydrogen-bond donors (Lipinski definition) is 2. The molecule has 25 heavy (non-hydrogen) atoms. The maximum Gasteiger partial charge on any atom is 0.231 e. The van der Waals surface area contributed by atoms with E-state index < -0.39 is 12.1 Å². The fourth-order valence-corrected chi connectivity index (χ4v) is 2.68. The Morgan fingerprint density at radius 3 is 2.84 bits per heavy atom. The van der Waals surface area contributed by atoms with Crippen molar-refractivity contribution in [2.24, 2.45) is 5.92 Å². The molecule has 4 rings (SSSR count). The molecule has 0 saturated heterocycles. The maximum atomic E-state index is 13.0. The summed E-state index contributed by atoms with van der Waals surface area (Å²) in [5.41, 5.74) is 8.24. The lowest BCUT2D eigenvalue weighted by atomic mass is 10.1. The number of hydrogen-bond acceptors (Lipinski definition) is 6. The normalized spacial score (nSPS) is 19.0. The molecule has 3 aromatic rings. The average molecular weight is 338 g/mol. The monoisotopic (exact) mass is 338 g/mol. The molecule has 0 radical (unpaired) electrons. The van der Waals surface area contributed by atoms with Crippen LogP contribution in [-0.2, 0) is 4.79 Å². The van der Waals surface area contributed by atoms with E-state index in [1.807, 2.05) is 13.0 Å². The molecule has 1 aliphatic rings. The van der Waals surface area contributed by atoms with Crippen LogP contribution in [0.15, 0.2) is 30.9 Å². The minimum atomic E-state index is -1.05. The molecule has 0 bridgehead atoms. The van der Waals surface area contributed by atoms with Gasteiger partial charge in [-0.2, -0.15) is 0 Å². The number of nitrogens with one attached hydrogen (secondary N) is 1. The van der Waals surface area contributed by atoms with Gasteiger partial charge < -0.3 is 11.1 Å². The van der Waals surface area contributed by atoms with Crippen molar-refractivity contribution in [3.8, 4) is 11.3 Å². The van der Waals surface area contributed by atoms with E-state index in [4.69, 9.17) is 5.73 Å². The zero-order chi connectivity index (χ0) is 17.6. The molecule has 126 valence electrons. The summed E-state index contributed by atoms with van der Waals surface area (Å²) in [6.07, 6.45) is 3.91. The molecule has 2 atom stereocenters. The fourth-order valence-electron chi connectivity index (χ4n) is 2.68. The number of halogens is 1. The van der Waals surface area contributed by atoms with Crippen LogP contribution in [0.2, 0.25) is 0 Å². The van der Waals surface area contributed by atoms with Crippen LogP contribution in [0.25, 0.3) is 22.0 Å². The Balaban J connectivity index is 1.73. The minimum Gasteiger partial charge on any atom is -0.383 e. The highest BCUT2D eigenvalue weighted by Crippen LogP contribution is 2.35. The van der Waals surface area contributed by atoms with Crippen molar-refractivity contribution in [3.63, 3.8) is 0 Å². The summed E-state index contributed by atoms with van der Waals surface area (Å²) in [6, 6.07) is 3.54. The number of anilines is 2. The van der Waals surface area contributed by atoms with Crippen LogP contribution in [0, 0.1) is 12.8 Å². The number of carbonyl (C=O) groups is 1. The fraction of sp³-hybridized carbons (Fsp3) is 0.235. The van der Waals surface area contributed by atoms with Crippen LogP contribution in [0.4, 0.5) is 16.0 Å². The van der Waals surface area contributed by atoms with Gasteiger partial charge in [0.15, 0.2) is 0 Å². The molecule has 0 spiro atoms. The van der Waals surface area contributed by atoms with E-state index in [9.17, 15) is 9.18 Å². The number of pyridine rings is 2. The molecule has 3 aromatic heterocycles. The summed E-state index contributed by atoms with van der Waals surface area (Å²) in [4.78, 5) is 28.6. The first kappa shape index (κ1) is 15.4. The number of nitrogens with two attached hydrogens (primary N) is 1. The van der Waals surface area contributed by atoms with E-state index in [0.29, 0.717) is 22.7 Å². The molecule has 1 amide bonds. The van der Waals surface area contributed by atoms with Crippen LogP contribution in [0.3, 0.4) is 0 Å². The van der Waals surface area contributed by atoms with Gasteiger partial charge in [0, 0.05) is 23.3 Å². The van der Waals surface area contributed by atoms with Gasteiger partial charge in [-0.3, -0.25) is 4.79 Å². The zero-order valence-electron chi connectivity index (χ0n) is 13.4. The Morgan fingerprint density at radius 1 is 1.32 bits per heavy atom. The number of alkyl halides is 1. The number of rotatable bonds is 3. The lowest BCUT2D eigenvalue weighted by Gasteiger charge is -2.09.